The topological polar surface area (TPSA) is 83.9 Å². The van der Waals surface area contributed by atoms with Crippen LogP contribution in [-0.4, -0.2) is 16.6 Å². The van der Waals surface area contributed by atoms with Crippen molar-refractivity contribution in [3.8, 4) is 5.75 Å². The molecule has 82 valence electrons. The van der Waals surface area contributed by atoms with E-state index in [0.29, 0.717) is 12.4 Å². The molecule has 0 radical (unpaired) electrons. The van der Waals surface area contributed by atoms with Crippen molar-refractivity contribution in [3.63, 3.8) is 0 Å². The fourth-order valence-corrected chi connectivity index (χ4v) is 1.07. The Morgan fingerprint density at radius 2 is 2.20 bits per heavy atom. The molecule has 0 aliphatic rings. The van der Waals surface area contributed by atoms with E-state index in [1.54, 1.807) is 6.07 Å². The maximum Gasteiger partial charge on any atom is 0.176 e. The summed E-state index contributed by atoms with van der Waals surface area (Å²) in [5, 5.41) is 17.0. The van der Waals surface area contributed by atoms with Gasteiger partial charge in [-0.3, -0.25) is 0 Å². The molecule has 0 atom stereocenters. The van der Waals surface area contributed by atoms with Gasteiger partial charge < -0.3 is 10.8 Å². The predicted molar refractivity (Wildman–Crippen MR) is 59.2 cm³/mol. The Morgan fingerprint density at radius 1 is 1.40 bits per heavy atom. The number of anilines is 1. The van der Waals surface area contributed by atoms with Gasteiger partial charge in [0, 0.05) is 0 Å². The number of nitrogens with zero attached hydrogens (tertiary/aromatic N) is 3. The number of aromatic nitrogens is 1. The minimum Gasteiger partial charge on any atom is -0.504 e. The second kappa shape index (κ2) is 5.95. The smallest absolute Gasteiger partial charge is 0.176 e. The summed E-state index contributed by atoms with van der Waals surface area (Å²) in [6.45, 7) is 2.84. The lowest BCUT2D eigenvalue weighted by atomic mass is 10.3. The Morgan fingerprint density at radius 3 is 2.87 bits per heavy atom. The van der Waals surface area contributed by atoms with Crippen LogP contribution >= 0.6 is 0 Å². The molecule has 1 aromatic rings. The van der Waals surface area contributed by atoms with Crippen LogP contribution in [0.1, 0.15) is 26.2 Å². The van der Waals surface area contributed by atoms with E-state index in [9.17, 15) is 0 Å². The summed E-state index contributed by atoms with van der Waals surface area (Å²) in [5.41, 5.74) is 5.41. The van der Waals surface area contributed by atoms with Gasteiger partial charge in [0.15, 0.2) is 17.4 Å². The Labute approximate surface area is 89.1 Å². The molecule has 1 heterocycles. The van der Waals surface area contributed by atoms with Gasteiger partial charge in [-0.2, -0.15) is 5.11 Å². The predicted octanol–water partition coefficient (Wildman–Crippen LogP) is 2.64. The molecule has 0 saturated heterocycles. The van der Waals surface area contributed by atoms with Gasteiger partial charge in [-0.05, 0) is 18.6 Å². The van der Waals surface area contributed by atoms with E-state index in [4.69, 9.17) is 10.8 Å². The van der Waals surface area contributed by atoms with E-state index in [-0.39, 0.29) is 11.6 Å². The van der Waals surface area contributed by atoms with Crippen LogP contribution in [0, 0.1) is 0 Å². The molecule has 5 nitrogen and oxygen atoms in total. The molecule has 0 saturated carbocycles. The Hall–Kier alpha value is -1.65. The number of hydrogen-bond donors (Lipinski definition) is 2. The molecular formula is C10H16N4O. The normalized spacial score (nSPS) is 11.0. The van der Waals surface area contributed by atoms with Gasteiger partial charge in [-0.15, -0.1) is 5.11 Å². The highest BCUT2D eigenvalue weighted by Gasteiger charge is 1.98. The molecule has 15 heavy (non-hydrogen) atoms. The first kappa shape index (κ1) is 11.4. The second-order valence-corrected chi connectivity index (χ2v) is 3.25. The molecule has 0 bridgehead atoms. The van der Waals surface area contributed by atoms with Crippen LogP contribution in [0.15, 0.2) is 22.4 Å². The van der Waals surface area contributed by atoms with E-state index in [0.717, 1.165) is 12.8 Å². The van der Waals surface area contributed by atoms with Crippen LogP contribution in [-0.2, 0) is 0 Å². The first-order valence-corrected chi connectivity index (χ1v) is 5.07. The van der Waals surface area contributed by atoms with Crippen molar-refractivity contribution in [1.82, 2.24) is 4.98 Å². The lowest BCUT2D eigenvalue weighted by Crippen LogP contribution is -1.89. The highest BCUT2D eigenvalue weighted by atomic mass is 16.3. The van der Waals surface area contributed by atoms with Crippen molar-refractivity contribution < 1.29 is 5.11 Å². The molecule has 1 rings (SSSR count). The Balaban J connectivity index is 2.46. The van der Waals surface area contributed by atoms with Crippen LogP contribution < -0.4 is 5.73 Å². The fourth-order valence-electron chi connectivity index (χ4n) is 1.07. The zero-order valence-electron chi connectivity index (χ0n) is 8.85. The first-order chi connectivity index (χ1) is 7.24. The summed E-state index contributed by atoms with van der Waals surface area (Å²) < 4.78 is 0. The maximum absolute atomic E-state index is 9.13. The molecule has 0 aromatic carbocycles. The minimum absolute atomic E-state index is 0.0278. The molecule has 3 N–H and O–H groups in total. The highest BCUT2D eigenvalue weighted by Crippen LogP contribution is 2.20. The number of unbranched alkanes of at least 4 members (excludes halogenated alkanes) is 2. The lowest BCUT2D eigenvalue weighted by molar-refractivity contribution is 0.476. The molecule has 0 spiro atoms. The number of nitrogen functional groups attached to an aromatic ring is 1. The van der Waals surface area contributed by atoms with Gasteiger partial charge in [0.05, 0.1) is 6.54 Å². The Bertz CT molecular complexity index is 338. The third-order valence-electron chi connectivity index (χ3n) is 1.92. The monoisotopic (exact) mass is 208 g/mol. The van der Waals surface area contributed by atoms with Crippen molar-refractivity contribution in [1.29, 1.82) is 0 Å². The molecule has 0 aliphatic carbocycles. The Kier molecular flexibility index (Phi) is 4.53. The third-order valence-corrected chi connectivity index (χ3v) is 1.92. The van der Waals surface area contributed by atoms with Gasteiger partial charge >= 0.3 is 0 Å². The zero-order valence-corrected chi connectivity index (χ0v) is 8.85. The van der Waals surface area contributed by atoms with Crippen molar-refractivity contribution in [2.24, 2.45) is 10.2 Å². The van der Waals surface area contributed by atoms with E-state index in [1.807, 2.05) is 0 Å². The van der Waals surface area contributed by atoms with Crippen LogP contribution in [0.4, 0.5) is 11.6 Å². The largest absolute Gasteiger partial charge is 0.504 e. The highest BCUT2D eigenvalue weighted by molar-refractivity contribution is 5.49. The molecule has 0 unspecified atom stereocenters. The molecule has 1 aromatic heterocycles. The summed E-state index contributed by atoms with van der Waals surface area (Å²) in [5.74, 6) is 0.488. The van der Waals surface area contributed by atoms with Crippen LogP contribution in [0.5, 0.6) is 5.75 Å². The standard InChI is InChI=1S/C10H16N4O/c1-2-3-4-7-12-14-9-6-5-8(15)10(11)13-9/h5-6,15H,2-4,7H2,1H3,(H2,11,13). The van der Waals surface area contributed by atoms with Crippen molar-refractivity contribution in [3.05, 3.63) is 12.1 Å². The van der Waals surface area contributed by atoms with Crippen LogP contribution in [0.3, 0.4) is 0 Å². The van der Waals surface area contributed by atoms with Gasteiger partial charge in [-0.25, -0.2) is 4.98 Å². The van der Waals surface area contributed by atoms with Crippen molar-refractivity contribution in [2.45, 2.75) is 26.2 Å². The van der Waals surface area contributed by atoms with Gasteiger partial charge in [0.2, 0.25) is 0 Å². The number of rotatable bonds is 5. The summed E-state index contributed by atoms with van der Waals surface area (Å²) in [4.78, 5) is 3.86. The summed E-state index contributed by atoms with van der Waals surface area (Å²) in [6.07, 6.45) is 3.36. The molecule has 0 amide bonds. The number of hydrogen-bond acceptors (Lipinski definition) is 5. The third kappa shape index (κ3) is 3.93. The fraction of sp³-hybridized carbons (Fsp3) is 0.500. The second-order valence-electron chi connectivity index (χ2n) is 3.25. The van der Waals surface area contributed by atoms with E-state index < -0.39 is 0 Å². The number of pyridine rings is 1. The number of nitrogens with two attached hydrogens (primary N) is 1. The van der Waals surface area contributed by atoms with Gasteiger partial charge in [-0.1, -0.05) is 19.8 Å². The SMILES string of the molecule is CCCCCN=Nc1ccc(O)c(N)n1. The van der Waals surface area contributed by atoms with Crippen LogP contribution in [0.25, 0.3) is 0 Å². The molecular weight excluding hydrogens is 192 g/mol. The van der Waals surface area contributed by atoms with Gasteiger partial charge in [0.1, 0.15) is 0 Å². The number of azo groups is 1. The van der Waals surface area contributed by atoms with Crippen molar-refractivity contribution in [2.75, 3.05) is 12.3 Å². The quantitative estimate of drug-likeness (QED) is 0.576. The van der Waals surface area contributed by atoms with E-state index in [1.165, 1.54) is 12.5 Å². The average Bonchev–Trinajstić information content (AvgIpc) is 2.23. The summed E-state index contributed by atoms with van der Waals surface area (Å²) in [6, 6.07) is 3.04. The van der Waals surface area contributed by atoms with Gasteiger partial charge in [0.25, 0.3) is 0 Å². The lowest BCUT2D eigenvalue weighted by Gasteiger charge is -1.97. The molecule has 0 fully saturated rings. The summed E-state index contributed by atoms with van der Waals surface area (Å²) >= 11 is 0. The van der Waals surface area contributed by atoms with Crippen LogP contribution in [0.2, 0.25) is 0 Å². The number of aromatic hydroxyl groups is 1. The average molecular weight is 208 g/mol. The van der Waals surface area contributed by atoms with Crippen molar-refractivity contribution >= 4 is 11.6 Å². The van der Waals surface area contributed by atoms with E-state index in [2.05, 4.69) is 22.1 Å². The first-order valence-electron chi connectivity index (χ1n) is 5.07. The van der Waals surface area contributed by atoms with E-state index >= 15 is 0 Å². The molecule has 5 heteroatoms. The zero-order chi connectivity index (χ0) is 11.1. The molecule has 0 aliphatic heterocycles. The minimum atomic E-state index is -0.0278. The summed E-state index contributed by atoms with van der Waals surface area (Å²) in [7, 11) is 0. The maximum atomic E-state index is 9.13.